The first-order chi connectivity index (χ1) is 13.7. The number of thiophene rings is 1. The minimum absolute atomic E-state index is 0.0150. The summed E-state index contributed by atoms with van der Waals surface area (Å²) in [5.74, 6) is 1.43. The molecule has 1 atom stereocenters. The monoisotopic (exact) mass is 410 g/mol. The molecular formula is C20H18N4O2S2. The lowest BCUT2D eigenvalue weighted by Crippen LogP contribution is -2.27. The Morgan fingerprint density at radius 3 is 2.75 bits per heavy atom. The number of furan rings is 1. The van der Waals surface area contributed by atoms with E-state index in [1.165, 1.54) is 11.8 Å². The molecule has 3 heterocycles. The van der Waals surface area contributed by atoms with Gasteiger partial charge in [-0.2, -0.15) is 0 Å². The van der Waals surface area contributed by atoms with Crippen molar-refractivity contribution in [3.8, 4) is 17.3 Å². The van der Waals surface area contributed by atoms with Gasteiger partial charge >= 0.3 is 0 Å². The summed E-state index contributed by atoms with van der Waals surface area (Å²) in [6.45, 7) is 1.98. The fourth-order valence-electron chi connectivity index (χ4n) is 2.76. The van der Waals surface area contributed by atoms with E-state index in [1.807, 2.05) is 71.5 Å². The van der Waals surface area contributed by atoms with Gasteiger partial charge in [0.25, 0.3) is 0 Å². The van der Waals surface area contributed by atoms with E-state index >= 15 is 0 Å². The highest BCUT2D eigenvalue weighted by molar-refractivity contribution is 7.99. The van der Waals surface area contributed by atoms with Gasteiger partial charge < -0.3 is 9.73 Å². The first-order valence-electron chi connectivity index (χ1n) is 8.72. The number of para-hydroxylation sites is 1. The number of nitrogens with one attached hydrogen (secondary N) is 1. The van der Waals surface area contributed by atoms with E-state index in [2.05, 4.69) is 15.5 Å². The minimum atomic E-state index is -0.0481. The summed E-state index contributed by atoms with van der Waals surface area (Å²) in [5, 5.41) is 14.2. The van der Waals surface area contributed by atoms with Gasteiger partial charge in [-0.15, -0.1) is 21.5 Å². The highest BCUT2D eigenvalue weighted by Gasteiger charge is 2.19. The molecule has 0 spiro atoms. The summed E-state index contributed by atoms with van der Waals surface area (Å²) in [6, 6.07) is 17.4. The Hall–Kier alpha value is -2.84. The van der Waals surface area contributed by atoms with Crippen LogP contribution < -0.4 is 5.32 Å². The van der Waals surface area contributed by atoms with Crippen LogP contribution in [0.3, 0.4) is 0 Å². The van der Waals surface area contributed by atoms with Crippen LogP contribution in [0.2, 0.25) is 0 Å². The zero-order chi connectivity index (χ0) is 19.3. The highest BCUT2D eigenvalue weighted by Crippen LogP contribution is 2.28. The number of carbonyl (C=O) groups excluding carboxylic acids is 1. The molecule has 0 bridgehead atoms. The summed E-state index contributed by atoms with van der Waals surface area (Å²) in [7, 11) is 0. The third kappa shape index (κ3) is 4.02. The van der Waals surface area contributed by atoms with Gasteiger partial charge in [-0.3, -0.25) is 9.36 Å². The van der Waals surface area contributed by atoms with Gasteiger partial charge in [-0.25, -0.2) is 0 Å². The average Bonchev–Trinajstić information content (AvgIpc) is 3.48. The molecule has 0 fully saturated rings. The summed E-state index contributed by atoms with van der Waals surface area (Å²) < 4.78 is 7.41. The van der Waals surface area contributed by atoms with Crippen LogP contribution in [0.25, 0.3) is 17.3 Å². The van der Waals surface area contributed by atoms with Gasteiger partial charge in [0.15, 0.2) is 10.9 Å². The van der Waals surface area contributed by atoms with Crippen molar-refractivity contribution in [2.24, 2.45) is 0 Å². The Morgan fingerprint density at radius 2 is 2.04 bits per heavy atom. The molecule has 0 aliphatic rings. The largest absolute Gasteiger partial charge is 0.461 e. The molecule has 28 heavy (non-hydrogen) atoms. The standard InChI is InChI=1S/C20H18N4O2S2/c1-14(17-10-6-12-27-17)21-18(25)13-28-20-23-22-19(16-9-5-11-26-16)24(20)15-7-3-2-4-8-15/h2-12,14H,13H2,1H3,(H,21,25). The first-order valence-corrected chi connectivity index (χ1v) is 10.6. The predicted octanol–water partition coefficient (Wildman–Crippen LogP) is 4.56. The number of thioether (sulfide) groups is 1. The Bertz CT molecular complexity index is 1030. The normalized spacial score (nSPS) is 12.0. The van der Waals surface area contributed by atoms with Crippen LogP contribution in [0.1, 0.15) is 17.8 Å². The number of carbonyl (C=O) groups is 1. The van der Waals surface area contributed by atoms with Crippen molar-refractivity contribution in [2.45, 2.75) is 18.1 Å². The Balaban J connectivity index is 1.52. The zero-order valence-electron chi connectivity index (χ0n) is 15.1. The van der Waals surface area contributed by atoms with Crippen LogP contribution in [0, 0.1) is 0 Å². The summed E-state index contributed by atoms with van der Waals surface area (Å²) >= 11 is 2.98. The lowest BCUT2D eigenvalue weighted by molar-refractivity contribution is -0.119. The number of benzene rings is 1. The third-order valence-corrected chi connectivity index (χ3v) is 6.05. The fraction of sp³-hybridized carbons (Fsp3) is 0.150. The van der Waals surface area contributed by atoms with E-state index in [0.717, 1.165) is 10.6 Å². The molecule has 1 amide bonds. The zero-order valence-corrected chi connectivity index (χ0v) is 16.7. The number of amides is 1. The third-order valence-electron chi connectivity index (χ3n) is 4.07. The van der Waals surface area contributed by atoms with Crippen LogP contribution in [-0.4, -0.2) is 26.4 Å². The van der Waals surface area contributed by atoms with Crippen molar-refractivity contribution in [3.63, 3.8) is 0 Å². The number of aromatic nitrogens is 3. The van der Waals surface area contributed by atoms with Crippen LogP contribution in [0.5, 0.6) is 0 Å². The molecule has 0 radical (unpaired) electrons. The Labute approximate surface area is 170 Å². The van der Waals surface area contributed by atoms with Crippen molar-refractivity contribution >= 4 is 29.0 Å². The molecule has 0 aliphatic heterocycles. The van der Waals surface area contributed by atoms with Crippen LogP contribution in [0.4, 0.5) is 0 Å². The molecule has 8 heteroatoms. The predicted molar refractivity (Wildman–Crippen MR) is 111 cm³/mol. The van der Waals surface area contributed by atoms with Crippen LogP contribution >= 0.6 is 23.1 Å². The first kappa shape index (κ1) is 18.5. The van der Waals surface area contributed by atoms with Gasteiger partial charge in [0.05, 0.1) is 18.1 Å². The molecule has 0 aliphatic carbocycles. The molecular weight excluding hydrogens is 392 g/mol. The van der Waals surface area contributed by atoms with Crippen LogP contribution in [-0.2, 0) is 4.79 Å². The van der Waals surface area contributed by atoms with Crippen molar-refractivity contribution in [3.05, 3.63) is 71.1 Å². The molecule has 1 aromatic carbocycles. The Kier molecular flexibility index (Phi) is 5.59. The molecule has 142 valence electrons. The van der Waals surface area contributed by atoms with Gasteiger partial charge in [0.2, 0.25) is 11.7 Å². The average molecular weight is 411 g/mol. The quantitative estimate of drug-likeness (QED) is 0.452. The molecule has 4 aromatic rings. The molecule has 3 aromatic heterocycles. The van der Waals surface area contributed by atoms with Crippen LogP contribution in [0.15, 0.2) is 75.8 Å². The molecule has 0 saturated heterocycles. The van der Waals surface area contributed by atoms with E-state index < -0.39 is 0 Å². The smallest absolute Gasteiger partial charge is 0.230 e. The topological polar surface area (TPSA) is 73.0 Å². The SMILES string of the molecule is CC(NC(=O)CSc1nnc(-c2ccco2)n1-c1ccccc1)c1cccs1. The number of hydrogen-bond acceptors (Lipinski definition) is 6. The molecule has 4 rings (SSSR count). The van der Waals surface area contributed by atoms with Gasteiger partial charge in [-0.1, -0.05) is 36.0 Å². The van der Waals surface area contributed by atoms with Gasteiger partial charge in [0, 0.05) is 10.6 Å². The van der Waals surface area contributed by atoms with E-state index in [-0.39, 0.29) is 17.7 Å². The molecule has 0 saturated carbocycles. The van der Waals surface area contributed by atoms with Crippen molar-refractivity contribution in [1.29, 1.82) is 0 Å². The maximum Gasteiger partial charge on any atom is 0.230 e. The molecule has 6 nitrogen and oxygen atoms in total. The lowest BCUT2D eigenvalue weighted by atomic mass is 10.3. The minimum Gasteiger partial charge on any atom is -0.461 e. The van der Waals surface area contributed by atoms with Gasteiger partial charge in [0.1, 0.15) is 0 Å². The van der Waals surface area contributed by atoms with E-state index in [4.69, 9.17) is 4.42 Å². The van der Waals surface area contributed by atoms with Crippen molar-refractivity contribution < 1.29 is 9.21 Å². The summed E-state index contributed by atoms with van der Waals surface area (Å²) in [5.41, 5.74) is 0.911. The number of rotatable bonds is 7. The van der Waals surface area contributed by atoms with Crippen molar-refractivity contribution in [1.82, 2.24) is 20.1 Å². The summed E-state index contributed by atoms with van der Waals surface area (Å²) in [4.78, 5) is 13.5. The fourth-order valence-corrected chi connectivity index (χ4v) is 4.26. The highest BCUT2D eigenvalue weighted by atomic mass is 32.2. The molecule has 1 unspecified atom stereocenters. The van der Waals surface area contributed by atoms with E-state index in [9.17, 15) is 4.79 Å². The molecule has 1 N–H and O–H groups in total. The van der Waals surface area contributed by atoms with E-state index in [1.54, 1.807) is 17.6 Å². The van der Waals surface area contributed by atoms with Crippen molar-refractivity contribution in [2.75, 3.05) is 5.75 Å². The maximum absolute atomic E-state index is 12.4. The van der Waals surface area contributed by atoms with E-state index in [0.29, 0.717) is 16.7 Å². The van der Waals surface area contributed by atoms with Gasteiger partial charge in [-0.05, 0) is 42.6 Å². The second-order valence-corrected chi connectivity index (χ2v) is 7.97. The number of hydrogen-bond donors (Lipinski definition) is 1. The second kappa shape index (κ2) is 8.45. The lowest BCUT2D eigenvalue weighted by Gasteiger charge is -2.12. The second-order valence-electron chi connectivity index (χ2n) is 6.05. The Morgan fingerprint density at radius 1 is 1.18 bits per heavy atom. The maximum atomic E-state index is 12.4. The summed E-state index contributed by atoms with van der Waals surface area (Å²) in [6.07, 6.45) is 1.60. The number of nitrogens with zero attached hydrogens (tertiary/aromatic N) is 3.